The van der Waals surface area contributed by atoms with E-state index in [9.17, 15) is 4.79 Å². The van der Waals surface area contributed by atoms with E-state index in [1.807, 2.05) is 22.7 Å². The molecule has 5 heteroatoms. The second-order valence-electron chi connectivity index (χ2n) is 4.68. The Labute approximate surface area is 102 Å². The molecule has 1 fully saturated rings. The molecule has 0 spiro atoms. The Morgan fingerprint density at radius 3 is 3.00 bits per heavy atom. The lowest BCUT2D eigenvalue weighted by Gasteiger charge is -2.21. The maximum Gasteiger partial charge on any atom is 0.222 e. The van der Waals surface area contributed by atoms with Crippen LogP contribution < -0.4 is 5.32 Å². The molecular weight excluding hydrogens is 216 g/mol. The van der Waals surface area contributed by atoms with E-state index in [-0.39, 0.29) is 5.91 Å². The van der Waals surface area contributed by atoms with Gasteiger partial charge >= 0.3 is 0 Å². The van der Waals surface area contributed by atoms with Crippen molar-refractivity contribution < 1.29 is 4.79 Å². The Morgan fingerprint density at radius 1 is 1.59 bits per heavy atom. The van der Waals surface area contributed by atoms with Crippen LogP contribution in [0, 0.1) is 0 Å². The Balaban J connectivity index is 1.76. The molecular formula is C12H20N4O. The molecule has 2 rings (SSSR count). The molecule has 1 amide bonds. The molecule has 0 aliphatic carbocycles. The lowest BCUT2D eigenvalue weighted by molar-refractivity contribution is -0.127. The molecule has 1 N–H and O–H groups in total. The normalized spacial score (nSPS) is 17.8. The molecule has 0 saturated carbocycles. The molecule has 1 aromatic rings. The van der Waals surface area contributed by atoms with Gasteiger partial charge in [-0.3, -0.25) is 4.79 Å². The summed E-state index contributed by atoms with van der Waals surface area (Å²) in [6.45, 7) is 4.55. The van der Waals surface area contributed by atoms with Crippen LogP contribution >= 0.6 is 0 Å². The van der Waals surface area contributed by atoms with Crippen molar-refractivity contribution in [3.05, 3.63) is 18.2 Å². The van der Waals surface area contributed by atoms with Gasteiger partial charge in [-0.15, -0.1) is 0 Å². The molecule has 1 unspecified atom stereocenters. The van der Waals surface area contributed by atoms with E-state index in [1.54, 1.807) is 6.20 Å². The van der Waals surface area contributed by atoms with Crippen molar-refractivity contribution in [2.45, 2.75) is 32.4 Å². The van der Waals surface area contributed by atoms with Crippen LogP contribution in [0.1, 0.15) is 25.6 Å². The van der Waals surface area contributed by atoms with Gasteiger partial charge in [0.15, 0.2) is 0 Å². The SMILES string of the molecule is CC(CN1CCCC1=O)NCc1nccn1C. The number of likely N-dealkylation sites (tertiary alicyclic amines) is 1. The molecule has 0 bridgehead atoms. The topological polar surface area (TPSA) is 50.2 Å². The van der Waals surface area contributed by atoms with Gasteiger partial charge in [-0.25, -0.2) is 4.98 Å². The second-order valence-corrected chi connectivity index (χ2v) is 4.68. The Bertz CT molecular complexity index is 388. The van der Waals surface area contributed by atoms with Crippen molar-refractivity contribution in [3.63, 3.8) is 0 Å². The van der Waals surface area contributed by atoms with E-state index < -0.39 is 0 Å². The highest BCUT2D eigenvalue weighted by Crippen LogP contribution is 2.09. The van der Waals surface area contributed by atoms with Crippen molar-refractivity contribution >= 4 is 5.91 Å². The molecule has 5 nitrogen and oxygen atoms in total. The lowest BCUT2D eigenvalue weighted by atomic mass is 10.3. The molecule has 1 aliphatic rings. The van der Waals surface area contributed by atoms with Gasteiger partial charge in [0.25, 0.3) is 0 Å². The summed E-state index contributed by atoms with van der Waals surface area (Å²) >= 11 is 0. The van der Waals surface area contributed by atoms with Gasteiger partial charge in [0.05, 0.1) is 6.54 Å². The Kier molecular flexibility index (Phi) is 3.78. The quantitative estimate of drug-likeness (QED) is 0.811. The minimum atomic E-state index is 0.288. The first-order valence-electron chi connectivity index (χ1n) is 6.14. The summed E-state index contributed by atoms with van der Waals surface area (Å²) in [4.78, 5) is 17.7. The average Bonchev–Trinajstić information content (AvgIpc) is 2.86. The molecule has 17 heavy (non-hydrogen) atoms. The summed E-state index contributed by atoms with van der Waals surface area (Å²) in [5.41, 5.74) is 0. The Hall–Kier alpha value is -1.36. The number of carbonyl (C=O) groups excluding carboxylic acids is 1. The van der Waals surface area contributed by atoms with Crippen molar-refractivity contribution in [2.24, 2.45) is 7.05 Å². The fraction of sp³-hybridized carbons (Fsp3) is 0.667. The number of imidazole rings is 1. The lowest BCUT2D eigenvalue weighted by Crippen LogP contribution is -2.39. The molecule has 2 heterocycles. The van der Waals surface area contributed by atoms with Crippen LogP contribution in [0.2, 0.25) is 0 Å². The van der Waals surface area contributed by atoms with E-state index in [1.165, 1.54) is 0 Å². The molecule has 1 aromatic heterocycles. The number of aryl methyl sites for hydroxylation is 1. The predicted molar refractivity (Wildman–Crippen MR) is 65.3 cm³/mol. The van der Waals surface area contributed by atoms with Gasteiger partial charge in [-0.1, -0.05) is 0 Å². The van der Waals surface area contributed by atoms with Gasteiger partial charge in [0.1, 0.15) is 5.82 Å². The summed E-state index contributed by atoms with van der Waals surface area (Å²) in [5, 5.41) is 3.40. The summed E-state index contributed by atoms with van der Waals surface area (Å²) < 4.78 is 2.00. The van der Waals surface area contributed by atoms with E-state index in [2.05, 4.69) is 17.2 Å². The average molecular weight is 236 g/mol. The van der Waals surface area contributed by atoms with Gasteiger partial charge in [-0.05, 0) is 13.3 Å². The molecule has 1 saturated heterocycles. The van der Waals surface area contributed by atoms with E-state index in [4.69, 9.17) is 0 Å². The van der Waals surface area contributed by atoms with Crippen LogP contribution in [0.25, 0.3) is 0 Å². The zero-order valence-corrected chi connectivity index (χ0v) is 10.5. The first kappa shape index (κ1) is 12.1. The first-order chi connectivity index (χ1) is 8.16. The number of carbonyl (C=O) groups is 1. The van der Waals surface area contributed by atoms with E-state index in [0.29, 0.717) is 12.5 Å². The molecule has 1 aliphatic heterocycles. The van der Waals surface area contributed by atoms with Crippen LogP contribution in [0.5, 0.6) is 0 Å². The summed E-state index contributed by atoms with van der Waals surface area (Å²) in [5.74, 6) is 1.31. The number of nitrogens with zero attached hydrogens (tertiary/aromatic N) is 3. The fourth-order valence-electron chi connectivity index (χ4n) is 2.12. The van der Waals surface area contributed by atoms with Crippen LogP contribution in [0.15, 0.2) is 12.4 Å². The van der Waals surface area contributed by atoms with E-state index >= 15 is 0 Å². The Morgan fingerprint density at radius 2 is 2.41 bits per heavy atom. The third-order valence-corrected chi connectivity index (χ3v) is 3.20. The van der Waals surface area contributed by atoms with Crippen LogP contribution in [0.4, 0.5) is 0 Å². The van der Waals surface area contributed by atoms with Crippen LogP contribution in [-0.4, -0.2) is 39.5 Å². The minimum Gasteiger partial charge on any atom is -0.341 e. The molecule has 1 atom stereocenters. The number of rotatable bonds is 5. The second kappa shape index (κ2) is 5.31. The first-order valence-corrected chi connectivity index (χ1v) is 6.14. The predicted octanol–water partition coefficient (Wildman–Crippen LogP) is 0.521. The van der Waals surface area contributed by atoms with Crippen molar-refractivity contribution in [1.29, 1.82) is 0 Å². The standard InChI is InChI=1S/C12H20N4O/c1-10(9-16-6-3-4-12(16)17)14-8-11-13-5-7-15(11)2/h5,7,10,14H,3-4,6,8-9H2,1-2H3. The monoisotopic (exact) mass is 236 g/mol. The highest BCUT2D eigenvalue weighted by atomic mass is 16.2. The number of hydrogen-bond donors (Lipinski definition) is 1. The highest BCUT2D eigenvalue weighted by Gasteiger charge is 2.21. The molecule has 0 aromatic carbocycles. The number of nitrogens with one attached hydrogen (secondary N) is 1. The van der Waals surface area contributed by atoms with Crippen LogP contribution in [0.3, 0.4) is 0 Å². The summed E-state index contributed by atoms with van der Waals surface area (Å²) in [6, 6.07) is 0.300. The van der Waals surface area contributed by atoms with Gasteiger partial charge < -0.3 is 14.8 Å². The molecule has 94 valence electrons. The van der Waals surface area contributed by atoms with Crippen molar-refractivity contribution in [3.8, 4) is 0 Å². The largest absolute Gasteiger partial charge is 0.341 e. The summed E-state index contributed by atoms with van der Waals surface area (Å²) in [7, 11) is 1.98. The minimum absolute atomic E-state index is 0.288. The number of hydrogen-bond acceptors (Lipinski definition) is 3. The zero-order chi connectivity index (χ0) is 12.3. The zero-order valence-electron chi connectivity index (χ0n) is 10.5. The van der Waals surface area contributed by atoms with Gasteiger partial charge in [-0.2, -0.15) is 0 Å². The molecule has 0 radical (unpaired) electrons. The highest BCUT2D eigenvalue weighted by molar-refractivity contribution is 5.78. The number of aromatic nitrogens is 2. The van der Waals surface area contributed by atoms with Crippen molar-refractivity contribution in [2.75, 3.05) is 13.1 Å². The third kappa shape index (κ3) is 3.06. The maximum atomic E-state index is 11.5. The number of amides is 1. The van der Waals surface area contributed by atoms with Crippen molar-refractivity contribution in [1.82, 2.24) is 19.8 Å². The maximum absolute atomic E-state index is 11.5. The summed E-state index contributed by atoms with van der Waals surface area (Å²) in [6.07, 6.45) is 5.45. The third-order valence-electron chi connectivity index (χ3n) is 3.20. The fourth-order valence-corrected chi connectivity index (χ4v) is 2.12. The smallest absolute Gasteiger partial charge is 0.222 e. The van der Waals surface area contributed by atoms with Crippen LogP contribution in [-0.2, 0) is 18.4 Å². The van der Waals surface area contributed by atoms with E-state index in [0.717, 1.165) is 31.9 Å². The van der Waals surface area contributed by atoms with Gasteiger partial charge in [0, 0.05) is 45.0 Å². The van der Waals surface area contributed by atoms with Gasteiger partial charge in [0.2, 0.25) is 5.91 Å².